The van der Waals surface area contributed by atoms with Crippen LogP contribution in [0.4, 0.5) is 0 Å². The Kier molecular flexibility index (Phi) is 5.95. The Balaban J connectivity index is 1.23. The van der Waals surface area contributed by atoms with Gasteiger partial charge < -0.3 is 19.9 Å². The summed E-state index contributed by atoms with van der Waals surface area (Å²) in [5.74, 6) is 0.717. The van der Waals surface area contributed by atoms with E-state index in [9.17, 15) is 14.4 Å². The molecule has 4 heterocycles. The maximum Gasteiger partial charge on any atom is 0.272 e. The van der Waals surface area contributed by atoms with Gasteiger partial charge in [-0.1, -0.05) is 24.3 Å². The third kappa shape index (κ3) is 4.27. The van der Waals surface area contributed by atoms with E-state index < -0.39 is 5.54 Å². The summed E-state index contributed by atoms with van der Waals surface area (Å²) in [7, 11) is 0. The van der Waals surface area contributed by atoms with Gasteiger partial charge in [-0.25, -0.2) is 5.10 Å². The zero-order valence-electron chi connectivity index (χ0n) is 21.0. The molecule has 2 N–H and O–H groups in total. The van der Waals surface area contributed by atoms with Crippen LogP contribution in [0.15, 0.2) is 41.2 Å². The predicted molar refractivity (Wildman–Crippen MR) is 139 cm³/mol. The molecule has 2 fully saturated rings. The Bertz CT molecular complexity index is 1430. The number of benzene rings is 2. The van der Waals surface area contributed by atoms with Crippen molar-refractivity contribution in [1.29, 1.82) is 0 Å². The van der Waals surface area contributed by atoms with Crippen LogP contribution in [0, 0.1) is 0 Å². The Labute approximate surface area is 214 Å². The molecule has 2 amide bonds. The Hall–Kier alpha value is -3.72. The van der Waals surface area contributed by atoms with E-state index in [1.165, 1.54) is 0 Å². The molecule has 0 spiro atoms. The molecule has 3 aromatic rings. The van der Waals surface area contributed by atoms with Crippen LogP contribution in [0.5, 0.6) is 5.75 Å². The lowest BCUT2D eigenvalue weighted by molar-refractivity contribution is -0.138. The third-order valence-corrected chi connectivity index (χ3v) is 7.92. The highest BCUT2D eigenvalue weighted by Crippen LogP contribution is 2.33. The van der Waals surface area contributed by atoms with Crippen molar-refractivity contribution in [2.75, 3.05) is 39.3 Å². The van der Waals surface area contributed by atoms with Gasteiger partial charge in [-0.05, 0) is 49.6 Å². The number of nitrogens with one attached hydrogen (secondary N) is 2. The van der Waals surface area contributed by atoms with E-state index >= 15 is 0 Å². The first-order chi connectivity index (χ1) is 17.9. The number of carbonyl (C=O) groups excluding carboxylic acids is 2. The van der Waals surface area contributed by atoms with Gasteiger partial charge >= 0.3 is 0 Å². The number of rotatable bonds is 4. The van der Waals surface area contributed by atoms with E-state index in [1.807, 2.05) is 41.0 Å². The number of fused-ring (bicyclic) bond motifs is 2. The molecule has 0 bridgehead atoms. The second-order valence-electron chi connectivity index (χ2n) is 10.4. The number of nitrogens with zero attached hydrogens (tertiary/aromatic N) is 3. The molecule has 1 aromatic heterocycles. The summed E-state index contributed by atoms with van der Waals surface area (Å²) in [6, 6.07) is 11.4. The van der Waals surface area contributed by atoms with Gasteiger partial charge in [-0.3, -0.25) is 14.4 Å². The number of carbonyl (C=O) groups is 2. The van der Waals surface area contributed by atoms with Crippen molar-refractivity contribution in [3.05, 3.63) is 69.1 Å². The molecule has 2 saturated heterocycles. The summed E-state index contributed by atoms with van der Waals surface area (Å²) in [6.07, 6.45) is 3.09. The topological polar surface area (TPSA) is 108 Å². The number of ether oxygens (including phenoxy) is 1. The first kappa shape index (κ1) is 23.7. The van der Waals surface area contributed by atoms with Gasteiger partial charge in [-0.15, -0.1) is 0 Å². The molecular formula is C28H31N5O4. The SMILES string of the molecule is C[C@@]1(C(=O)N2CCN(C(=O)c3cc(Cc4n[nH]c(=O)c5ccccc45)cc4c3OCC4)CC2)CCCN1. The second-order valence-corrected chi connectivity index (χ2v) is 10.4. The minimum absolute atomic E-state index is 0.0726. The zero-order chi connectivity index (χ0) is 25.6. The minimum Gasteiger partial charge on any atom is -0.492 e. The standard InChI is InChI=1S/C28H31N5O4/c1-28(8-4-9-29-28)27(36)33-12-10-32(11-13-33)26(35)22-16-18(15-19-7-14-37-24(19)22)17-23-20-5-2-3-6-21(20)25(34)31-30-23/h2-3,5-6,15-16,29H,4,7-14,17H2,1H3,(H,31,34)/t28-/m0/s1. The van der Waals surface area contributed by atoms with Crippen molar-refractivity contribution in [3.63, 3.8) is 0 Å². The Morgan fingerprint density at radius 2 is 1.84 bits per heavy atom. The number of amides is 2. The number of H-pyrrole nitrogens is 1. The molecule has 3 aliphatic rings. The van der Waals surface area contributed by atoms with E-state index in [-0.39, 0.29) is 17.4 Å². The molecule has 192 valence electrons. The molecule has 2 aromatic carbocycles. The summed E-state index contributed by atoms with van der Waals surface area (Å²) >= 11 is 0. The summed E-state index contributed by atoms with van der Waals surface area (Å²) in [5.41, 5.74) is 2.58. The summed E-state index contributed by atoms with van der Waals surface area (Å²) < 4.78 is 5.89. The molecule has 0 radical (unpaired) electrons. The molecule has 3 aliphatic heterocycles. The van der Waals surface area contributed by atoms with Crippen molar-refractivity contribution >= 4 is 22.6 Å². The maximum atomic E-state index is 13.7. The summed E-state index contributed by atoms with van der Waals surface area (Å²) in [4.78, 5) is 42.7. The van der Waals surface area contributed by atoms with Crippen LogP contribution in [0.25, 0.3) is 10.8 Å². The minimum atomic E-state index is -0.491. The first-order valence-electron chi connectivity index (χ1n) is 13.0. The van der Waals surface area contributed by atoms with Crippen LogP contribution < -0.4 is 15.6 Å². The molecule has 9 heteroatoms. The van der Waals surface area contributed by atoms with Crippen LogP contribution in [-0.2, 0) is 17.6 Å². The fraction of sp³-hybridized carbons (Fsp3) is 0.429. The first-order valence-corrected chi connectivity index (χ1v) is 13.0. The molecule has 0 aliphatic carbocycles. The Morgan fingerprint density at radius 3 is 2.59 bits per heavy atom. The fourth-order valence-electron chi connectivity index (χ4n) is 5.84. The predicted octanol–water partition coefficient (Wildman–Crippen LogP) is 1.88. The monoisotopic (exact) mass is 501 g/mol. The maximum absolute atomic E-state index is 13.7. The Morgan fingerprint density at radius 1 is 1.08 bits per heavy atom. The van der Waals surface area contributed by atoms with E-state index in [0.29, 0.717) is 55.9 Å². The van der Waals surface area contributed by atoms with Gasteiger partial charge in [0.25, 0.3) is 11.5 Å². The van der Waals surface area contributed by atoms with E-state index in [2.05, 4.69) is 21.6 Å². The second kappa shape index (κ2) is 9.30. The summed E-state index contributed by atoms with van der Waals surface area (Å²) in [6.45, 7) is 5.43. The normalized spacial score (nSPS) is 21.2. The van der Waals surface area contributed by atoms with Crippen molar-refractivity contribution in [2.24, 2.45) is 0 Å². The molecule has 37 heavy (non-hydrogen) atoms. The van der Waals surface area contributed by atoms with Crippen LogP contribution >= 0.6 is 0 Å². The molecule has 6 rings (SSSR count). The van der Waals surface area contributed by atoms with Crippen LogP contribution in [0.3, 0.4) is 0 Å². The lowest BCUT2D eigenvalue weighted by Crippen LogP contribution is -2.58. The van der Waals surface area contributed by atoms with Crippen molar-refractivity contribution in [3.8, 4) is 5.75 Å². The molecule has 0 saturated carbocycles. The lowest BCUT2D eigenvalue weighted by Gasteiger charge is -2.38. The fourth-order valence-corrected chi connectivity index (χ4v) is 5.84. The van der Waals surface area contributed by atoms with E-state index in [0.717, 1.165) is 48.0 Å². The third-order valence-electron chi connectivity index (χ3n) is 7.92. The van der Waals surface area contributed by atoms with Crippen molar-refractivity contribution in [2.45, 2.75) is 38.1 Å². The number of piperazine rings is 1. The highest BCUT2D eigenvalue weighted by atomic mass is 16.5. The quantitative estimate of drug-likeness (QED) is 0.565. The van der Waals surface area contributed by atoms with Gasteiger partial charge in [0, 0.05) is 44.4 Å². The number of aromatic nitrogens is 2. The van der Waals surface area contributed by atoms with Gasteiger partial charge in [0.05, 0.1) is 28.8 Å². The molecular weight excluding hydrogens is 470 g/mol. The van der Waals surface area contributed by atoms with Crippen molar-refractivity contribution in [1.82, 2.24) is 25.3 Å². The number of aromatic amines is 1. The highest BCUT2D eigenvalue weighted by molar-refractivity contribution is 5.98. The van der Waals surface area contributed by atoms with Gasteiger partial charge in [0.15, 0.2) is 0 Å². The van der Waals surface area contributed by atoms with E-state index in [4.69, 9.17) is 4.74 Å². The highest BCUT2D eigenvalue weighted by Gasteiger charge is 2.40. The van der Waals surface area contributed by atoms with Gasteiger partial charge in [-0.2, -0.15) is 5.10 Å². The average Bonchev–Trinajstić information content (AvgIpc) is 3.59. The van der Waals surface area contributed by atoms with E-state index in [1.54, 1.807) is 6.07 Å². The zero-order valence-corrected chi connectivity index (χ0v) is 21.0. The van der Waals surface area contributed by atoms with Crippen molar-refractivity contribution < 1.29 is 14.3 Å². The lowest BCUT2D eigenvalue weighted by atomic mass is 9.97. The molecule has 1 atom stereocenters. The molecule has 9 nitrogen and oxygen atoms in total. The van der Waals surface area contributed by atoms with Crippen LogP contribution in [0.1, 0.15) is 46.9 Å². The smallest absolute Gasteiger partial charge is 0.272 e. The average molecular weight is 502 g/mol. The number of hydrogen-bond donors (Lipinski definition) is 2. The van der Waals surface area contributed by atoms with Gasteiger partial charge in [0.1, 0.15) is 5.75 Å². The molecule has 0 unspecified atom stereocenters. The van der Waals surface area contributed by atoms with Crippen LogP contribution in [0.2, 0.25) is 0 Å². The summed E-state index contributed by atoms with van der Waals surface area (Å²) in [5, 5.41) is 11.7. The largest absolute Gasteiger partial charge is 0.492 e. The van der Waals surface area contributed by atoms with Crippen LogP contribution in [-0.4, -0.2) is 76.7 Å². The van der Waals surface area contributed by atoms with Gasteiger partial charge in [0.2, 0.25) is 5.91 Å². The number of hydrogen-bond acceptors (Lipinski definition) is 6.